The number of rotatable bonds is 9. The van der Waals surface area contributed by atoms with Gasteiger partial charge in [-0.25, -0.2) is 0 Å². The predicted octanol–water partition coefficient (Wildman–Crippen LogP) is 3.56. The number of likely N-dealkylation sites (tertiary alicyclic amines) is 1. The maximum atomic E-state index is 13.1. The van der Waals surface area contributed by atoms with Crippen LogP contribution in [0, 0.1) is 0 Å². The molecule has 2 aromatic rings. The number of carbonyl (C=O) groups is 2. The molecule has 0 aromatic heterocycles. The summed E-state index contributed by atoms with van der Waals surface area (Å²) in [7, 11) is 4.49. The van der Waals surface area contributed by atoms with E-state index in [1.165, 1.54) is 26.2 Å². The summed E-state index contributed by atoms with van der Waals surface area (Å²) in [6.45, 7) is 4.23. The standard InChI is InChI=1S/C25H29NO7/c1-15(2)33-18-8-6-7-16(13-18)22-21(24(28)25(29)26(22)11-12-30-3)23(27)19-10-9-17(31-4)14-20(19)32-5/h6-10,13-15,22,27H,11-12H2,1-5H3/b23-21-. The summed E-state index contributed by atoms with van der Waals surface area (Å²) in [5.74, 6) is -0.373. The van der Waals surface area contributed by atoms with E-state index >= 15 is 0 Å². The molecule has 8 nitrogen and oxygen atoms in total. The number of ether oxygens (including phenoxy) is 4. The second kappa shape index (κ2) is 10.4. The maximum Gasteiger partial charge on any atom is 0.295 e. The molecule has 1 aliphatic heterocycles. The molecule has 8 heteroatoms. The molecule has 2 aromatic carbocycles. The number of ketones is 1. The van der Waals surface area contributed by atoms with Gasteiger partial charge in [0.1, 0.15) is 23.0 Å². The Hall–Kier alpha value is -3.52. The van der Waals surface area contributed by atoms with Gasteiger partial charge in [-0.15, -0.1) is 0 Å². The lowest BCUT2D eigenvalue weighted by atomic mass is 9.94. The van der Waals surface area contributed by atoms with E-state index in [2.05, 4.69) is 0 Å². The molecular weight excluding hydrogens is 426 g/mol. The fourth-order valence-electron chi connectivity index (χ4n) is 3.82. The van der Waals surface area contributed by atoms with Crippen molar-refractivity contribution in [2.24, 2.45) is 0 Å². The summed E-state index contributed by atoms with van der Waals surface area (Å²) in [6, 6.07) is 11.2. The van der Waals surface area contributed by atoms with E-state index in [0.717, 1.165) is 0 Å². The van der Waals surface area contributed by atoms with Crippen LogP contribution in [0.15, 0.2) is 48.0 Å². The summed E-state index contributed by atoms with van der Waals surface area (Å²) < 4.78 is 21.6. The van der Waals surface area contributed by atoms with E-state index < -0.39 is 17.7 Å². The maximum absolute atomic E-state index is 13.1. The number of hydrogen-bond donors (Lipinski definition) is 1. The Morgan fingerprint density at radius 3 is 2.42 bits per heavy atom. The Labute approximate surface area is 193 Å². The molecule has 176 valence electrons. The van der Waals surface area contributed by atoms with E-state index in [9.17, 15) is 14.7 Å². The van der Waals surface area contributed by atoms with E-state index in [1.54, 1.807) is 42.5 Å². The number of aliphatic hydroxyl groups excluding tert-OH is 1. The van der Waals surface area contributed by atoms with Gasteiger partial charge in [0.05, 0.1) is 44.1 Å². The number of carbonyl (C=O) groups excluding carboxylic acids is 2. The third kappa shape index (κ3) is 4.96. The SMILES string of the molecule is COCCN1C(=O)C(=O)/C(=C(\O)c2ccc(OC)cc2OC)C1c1cccc(OC(C)C)c1. The van der Waals surface area contributed by atoms with Gasteiger partial charge in [-0.1, -0.05) is 12.1 Å². The summed E-state index contributed by atoms with van der Waals surface area (Å²) in [5.41, 5.74) is 0.890. The monoisotopic (exact) mass is 455 g/mol. The first-order valence-corrected chi connectivity index (χ1v) is 10.6. The van der Waals surface area contributed by atoms with Crippen LogP contribution in [0.1, 0.15) is 31.0 Å². The second-order valence-electron chi connectivity index (χ2n) is 7.79. The molecule has 33 heavy (non-hydrogen) atoms. The van der Waals surface area contributed by atoms with Crippen LogP contribution in [0.25, 0.3) is 5.76 Å². The Morgan fingerprint density at radius 2 is 1.79 bits per heavy atom. The molecule has 3 rings (SSSR count). The number of amides is 1. The normalized spacial score (nSPS) is 17.5. The highest BCUT2D eigenvalue weighted by molar-refractivity contribution is 6.46. The van der Waals surface area contributed by atoms with Gasteiger partial charge in [-0.05, 0) is 43.7 Å². The average molecular weight is 456 g/mol. The first kappa shape index (κ1) is 24.1. The van der Waals surface area contributed by atoms with Crippen molar-refractivity contribution in [3.63, 3.8) is 0 Å². The summed E-state index contributed by atoms with van der Waals surface area (Å²) in [6.07, 6.45) is -0.0522. The van der Waals surface area contributed by atoms with Crippen LogP contribution in [0.3, 0.4) is 0 Å². The molecular formula is C25H29NO7. The molecule has 0 bridgehead atoms. The van der Waals surface area contributed by atoms with Crippen molar-refractivity contribution in [1.29, 1.82) is 0 Å². The molecule has 1 atom stereocenters. The quantitative estimate of drug-likeness (QED) is 0.351. The molecule has 1 fully saturated rings. The molecule has 1 saturated heterocycles. The van der Waals surface area contributed by atoms with Gasteiger partial charge in [-0.3, -0.25) is 9.59 Å². The minimum Gasteiger partial charge on any atom is -0.507 e. The molecule has 0 spiro atoms. The molecule has 1 aliphatic rings. The molecule has 1 N–H and O–H groups in total. The third-order valence-electron chi connectivity index (χ3n) is 5.29. The van der Waals surface area contributed by atoms with Crippen LogP contribution >= 0.6 is 0 Å². The zero-order chi connectivity index (χ0) is 24.1. The smallest absolute Gasteiger partial charge is 0.295 e. The highest BCUT2D eigenvalue weighted by Gasteiger charge is 2.46. The summed E-state index contributed by atoms with van der Waals surface area (Å²) in [4.78, 5) is 27.5. The minimum absolute atomic E-state index is 0.0266. The van der Waals surface area contributed by atoms with Crippen LogP contribution in [-0.2, 0) is 14.3 Å². The van der Waals surface area contributed by atoms with Gasteiger partial charge < -0.3 is 29.0 Å². The lowest BCUT2D eigenvalue weighted by Crippen LogP contribution is -2.32. The largest absolute Gasteiger partial charge is 0.507 e. The van der Waals surface area contributed by atoms with Gasteiger partial charge >= 0.3 is 0 Å². The summed E-state index contributed by atoms with van der Waals surface area (Å²) >= 11 is 0. The van der Waals surface area contributed by atoms with E-state index in [4.69, 9.17) is 18.9 Å². The van der Waals surface area contributed by atoms with E-state index in [-0.39, 0.29) is 36.2 Å². The van der Waals surface area contributed by atoms with Gasteiger partial charge in [0.25, 0.3) is 11.7 Å². The molecule has 1 heterocycles. The number of hydrogen-bond acceptors (Lipinski definition) is 7. The highest BCUT2D eigenvalue weighted by Crippen LogP contribution is 2.42. The van der Waals surface area contributed by atoms with Gasteiger partial charge in [-0.2, -0.15) is 0 Å². The lowest BCUT2D eigenvalue weighted by molar-refractivity contribution is -0.140. The fraction of sp³-hybridized carbons (Fsp3) is 0.360. The van der Waals surface area contributed by atoms with Crippen molar-refractivity contribution in [2.75, 3.05) is 34.5 Å². The molecule has 0 aliphatic carbocycles. The number of nitrogens with zero attached hydrogens (tertiary/aromatic N) is 1. The fourth-order valence-corrected chi connectivity index (χ4v) is 3.82. The molecule has 0 saturated carbocycles. The Morgan fingerprint density at radius 1 is 1.03 bits per heavy atom. The van der Waals surface area contributed by atoms with Gasteiger partial charge in [0.15, 0.2) is 0 Å². The Kier molecular flexibility index (Phi) is 7.60. The second-order valence-corrected chi connectivity index (χ2v) is 7.79. The van der Waals surface area contributed by atoms with Crippen molar-refractivity contribution < 1.29 is 33.6 Å². The summed E-state index contributed by atoms with van der Waals surface area (Å²) in [5, 5.41) is 11.3. The molecule has 1 unspecified atom stereocenters. The number of Topliss-reactive ketones (excluding diaryl/α,β-unsaturated/α-hetero) is 1. The van der Waals surface area contributed by atoms with Crippen LogP contribution < -0.4 is 14.2 Å². The Balaban J connectivity index is 2.19. The van der Waals surface area contributed by atoms with Crippen molar-refractivity contribution in [3.8, 4) is 17.2 Å². The third-order valence-corrected chi connectivity index (χ3v) is 5.29. The van der Waals surface area contributed by atoms with Crippen molar-refractivity contribution in [3.05, 3.63) is 59.2 Å². The lowest BCUT2D eigenvalue weighted by Gasteiger charge is -2.25. The van der Waals surface area contributed by atoms with Gasteiger partial charge in [0.2, 0.25) is 0 Å². The van der Waals surface area contributed by atoms with Crippen LogP contribution in [0.5, 0.6) is 17.2 Å². The van der Waals surface area contributed by atoms with Crippen molar-refractivity contribution >= 4 is 17.4 Å². The first-order chi connectivity index (χ1) is 15.8. The Bertz CT molecular complexity index is 1060. The van der Waals surface area contributed by atoms with Gasteiger partial charge in [0, 0.05) is 19.7 Å². The minimum atomic E-state index is -0.817. The van der Waals surface area contributed by atoms with Crippen molar-refractivity contribution in [2.45, 2.75) is 26.0 Å². The van der Waals surface area contributed by atoms with E-state index in [1.807, 2.05) is 13.8 Å². The first-order valence-electron chi connectivity index (χ1n) is 10.6. The van der Waals surface area contributed by atoms with E-state index in [0.29, 0.717) is 22.8 Å². The highest BCUT2D eigenvalue weighted by atomic mass is 16.5. The van der Waals surface area contributed by atoms with Crippen LogP contribution in [0.4, 0.5) is 0 Å². The van der Waals surface area contributed by atoms with Crippen LogP contribution in [0.2, 0.25) is 0 Å². The van der Waals surface area contributed by atoms with Crippen LogP contribution in [-0.4, -0.2) is 62.3 Å². The number of aliphatic hydroxyl groups is 1. The predicted molar refractivity (Wildman–Crippen MR) is 123 cm³/mol. The zero-order valence-corrected chi connectivity index (χ0v) is 19.5. The molecule has 1 amide bonds. The van der Waals surface area contributed by atoms with Crippen molar-refractivity contribution in [1.82, 2.24) is 4.90 Å². The topological polar surface area (TPSA) is 94.5 Å². The number of methoxy groups -OCH3 is 3. The average Bonchev–Trinajstić information content (AvgIpc) is 3.06. The zero-order valence-electron chi connectivity index (χ0n) is 19.5. The number of benzene rings is 2. The molecule has 0 radical (unpaired) electrons.